The summed E-state index contributed by atoms with van der Waals surface area (Å²) >= 11 is 1.86. The van der Waals surface area contributed by atoms with Gasteiger partial charge < -0.3 is 10.1 Å². The number of fused-ring (bicyclic) bond motifs is 1. The molecule has 1 N–H and O–H groups in total. The van der Waals surface area contributed by atoms with Crippen molar-refractivity contribution in [3.8, 4) is 5.75 Å². The van der Waals surface area contributed by atoms with E-state index in [0.717, 1.165) is 22.5 Å². The number of anilines is 1. The maximum absolute atomic E-state index is 5.17. The monoisotopic (exact) mass is 276 g/mol. The number of methoxy groups -OCH3 is 1. The molecule has 2 aliphatic rings. The lowest BCUT2D eigenvalue weighted by molar-refractivity contribution is 0.336. The summed E-state index contributed by atoms with van der Waals surface area (Å²) in [6.45, 7) is 0. The molecule has 0 radical (unpaired) electrons. The summed E-state index contributed by atoms with van der Waals surface area (Å²) in [7, 11) is 1.69. The molecule has 0 bridgehead atoms. The number of nitrogens with zero attached hydrogens (tertiary/aromatic N) is 1. The Hall–Kier alpha value is -1.16. The number of rotatable bonds is 2. The van der Waals surface area contributed by atoms with E-state index in [4.69, 9.17) is 9.73 Å². The van der Waals surface area contributed by atoms with Crippen molar-refractivity contribution in [3.05, 3.63) is 24.3 Å². The fourth-order valence-corrected chi connectivity index (χ4v) is 3.95. The van der Waals surface area contributed by atoms with Gasteiger partial charge in [-0.05, 0) is 43.0 Å². The van der Waals surface area contributed by atoms with Crippen LogP contribution < -0.4 is 10.1 Å². The van der Waals surface area contributed by atoms with E-state index in [0.29, 0.717) is 6.04 Å². The predicted molar refractivity (Wildman–Crippen MR) is 82.3 cm³/mol. The number of amidine groups is 1. The van der Waals surface area contributed by atoms with Crippen molar-refractivity contribution in [1.29, 1.82) is 0 Å². The first-order chi connectivity index (χ1) is 9.35. The molecule has 2 atom stereocenters. The minimum Gasteiger partial charge on any atom is -0.497 e. The first kappa shape index (κ1) is 12.9. The molecule has 1 aliphatic heterocycles. The first-order valence-electron chi connectivity index (χ1n) is 6.97. The van der Waals surface area contributed by atoms with Crippen LogP contribution in [-0.4, -0.2) is 24.1 Å². The van der Waals surface area contributed by atoms with Crippen LogP contribution in [0.3, 0.4) is 0 Å². The lowest BCUT2D eigenvalue weighted by Crippen LogP contribution is -2.31. The van der Waals surface area contributed by atoms with Crippen LogP contribution in [0.2, 0.25) is 0 Å². The molecular formula is C15H20N2OS. The Morgan fingerprint density at radius 3 is 2.79 bits per heavy atom. The van der Waals surface area contributed by atoms with Gasteiger partial charge in [0.05, 0.1) is 13.2 Å². The van der Waals surface area contributed by atoms with Gasteiger partial charge in [-0.15, -0.1) is 0 Å². The van der Waals surface area contributed by atoms with Gasteiger partial charge in [-0.2, -0.15) is 0 Å². The van der Waals surface area contributed by atoms with Crippen LogP contribution >= 0.6 is 11.8 Å². The highest BCUT2D eigenvalue weighted by Crippen LogP contribution is 2.34. The maximum Gasteiger partial charge on any atom is 0.161 e. The van der Waals surface area contributed by atoms with Gasteiger partial charge in [-0.3, -0.25) is 4.99 Å². The zero-order valence-electron chi connectivity index (χ0n) is 11.3. The molecule has 0 saturated heterocycles. The van der Waals surface area contributed by atoms with Crippen molar-refractivity contribution in [2.45, 2.75) is 31.7 Å². The molecule has 3 nitrogen and oxygen atoms in total. The highest BCUT2D eigenvalue weighted by Gasteiger charge is 2.28. The van der Waals surface area contributed by atoms with Crippen molar-refractivity contribution < 1.29 is 4.74 Å². The maximum atomic E-state index is 5.17. The molecule has 0 spiro atoms. The number of hydrogen-bond acceptors (Lipinski definition) is 4. The first-order valence-corrected chi connectivity index (χ1v) is 7.95. The zero-order valence-corrected chi connectivity index (χ0v) is 12.1. The van der Waals surface area contributed by atoms with Gasteiger partial charge in [-0.25, -0.2) is 0 Å². The average molecular weight is 276 g/mol. The molecule has 1 heterocycles. The number of ether oxygens (including phenoxy) is 1. The van der Waals surface area contributed by atoms with E-state index in [2.05, 4.69) is 5.32 Å². The minimum absolute atomic E-state index is 0.552. The molecule has 1 saturated carbocycles. The molecule has 1 aliphatic carbocycles. The fraction of sp³-hybridized carbons (Fsp3) is 0.533. The molecule has 1 aromatic carbocycles. The van der Waals surface area contributed by atoms with Crippen LogP contribution in [0.25, 0.3) is 0 Å². The van der Waals surface area contributed by atoms with Gasteiger partial charge in [0.1, 0.15) is 5.75 Å². The van der Waals surface area contributed by atoms with E-state index in [1.807, 2.05) is 36.0 Å². The normalized spacial score (nSPS) is 26.3. The number of hydrogen-bond donors (Lipinski definition) is 1. The quantitative estimate of drug-likeness (QED) is 0.892. The van der Waals surface area contributed by atoms with Gasteiger partial charge in [0.25, 0.3) is 0 Å². The van der Waals surface area contributed by atoms with Crippen LogP contribution in [-0.2, 0) is 0 Å². The molecule has 19 heavy (non-hydrogen) atoms. The largest absolute Gasteiger partial charge is 0.497 e. The fourth-order valence-electron chi connectivity index (χ4n) is 2.79. The van der Waals surface area contributed by atoms with Crippen LogP contribution in [0.4, 0.5) is 5.69 Å². The highest BCUT2D eigenvalue weighted by molar-refractivity contribution is 8.14. The van der Waals surface area contributed by atoms with E-state index in [1.165, 1.54) is 31.4 Å². The molecule has 3 rings (SSSR count). The van der Waals surface area contributed by atoms with E-state index in [1.54, 1.807) is 7.11 Å². The van der Waals surface area contributed by atoms with Crippen LogP contribution in [0.1, 0.15) is 25.7 Å². The van der Waals surface area contributed by atoms with Crippen LogP contribution in [0, 0.1) is 5.92 Å². The molecule has 102 valence electrons. The SMILES string of the molecule is COc1ccc(NC2=NC3CCCCC3CS2)cc1. The van der Waals surface area contributed by atoms with Crippen molar-refractivity contribution in [2.75, 3.05) is 18.2 Å². The summed E-state index contributed by atoms with van der Waals surface area (Å²) < 4.78 is 5.17. The van der Waals surface area contributed by atoms with Crippen molar-refractivity contribution in [2.24, 2.45) is 10.9 Å². The minimum atomic E-state index is 0.552. The van der Waals surface area contributed by atoms with Gasteiger partial charge in [0.15, 0.2) is 5.17 Å². The van der Waals surface area contributed by atoms with Gasteiger partial charge >= 0.3 is 0 Å². The second-order valence-electron chi connectivity index (χ2n) is 5.21. The summed E-state index contributed by atoms with van der Waals surface area (Å²) in [6, 6.07) is 8.57. The third-order valence-electron chi connectivity index (χ3n) is 3.93. The molecular weight excluding hydrogens is 256 g/mol. The van der Waals surface area contributed by atoms with Crippen molar-refractivity contribution in [3.63, 3.8) is 0 Å². The topological polar surface area (TPSA) is 33.6 Å². The average Bonchev–Trinajstić information content (AvgIpc) is 2.48. The van der Waals surface area contributed by atoms with Gasteiger partial charge in [0, 0.05) is 11.4 Å². The van der Waals surface area contributed by atoms with Crippen LogP contribution in [0.15, 0.2) is 29.3 Å². The summed E-state index contributed by atoms with van der Waals surface area (Å²) in [5.41, 5.74) is 1.08. The Labute approximate surface area is 118 Å². The van der Waals surface area contributed by atoms with Crippen molar-refractivity contribution >= 4 is 22.6 Å². The Kier molecular flexibility index (Phi) is 3.97. The second-order valence-corrected chi connectivity index (χ2v) is 6.22. The number of nitrogens with one attached hydrogen (secondary N) is 1. The molecule has 1 aromatic rings. The van der Waals surface area contributed by atoms with E-state index in [9.17, 15) is 0 Å². The summed E-state index contributed by atoms with van der Waals surface area (Å²) in [4.78, 5) is 4.88. The van der Waals surface area contributed by atoms with Crippen LogP contribution in [0.5, 0.6) is 5.75 Å². The Morgan fingerprint density at radius 1 is 1.21 bits per heavy atom. The van der Waals surface area contributed by atoms with Gasteiger partial charge in [-0.1, -0.05) is 24.6 Å². The summed E-state index contributed by atoms with van der Waals surface area (Å²) in [6.07, 6.45) is 5.35. The lowest BCUT2D eigenvalue weighted by atomic mass is 9.86. The summed E-state index contributed by atoms with van der Waals surface area (Å²) in [5.74, 6) is 2.91. The van der Waals surface area contributed by atoms with Crippen molar-refractivity contribution in [1.82, 2.24) is 0 Å². The molecule has 1 fully saturated rings. The molecule has 0 amide bonds. The smallest absolute Gasteiger partial charge is 0.161 e. The second kappa shape index (κ2) is 5.87. The Bertz CT molecular complexity index is 458. The lowest BCUT2D eigenvalue weighted by Gasteiger charge is -2.32. The highest BCUT2D eigenvalue weighted by atomic mass is 32.2. The molecule has 0 aromatic heterocycles. The Morgan fingerprint density at radius 2 is 2.00 bits per heavy atom. The van der Waals surface area contributed by atoms with E-state index >= 15 is 0 Å². The third kappa shape index (κ3) is 3.06. The zero-order chi connectivity index (χ0) is 13.1. The van der Waals surface area contributed by atoms with E-state index < -0.39 is 0 Å². The third-order valence-corrected chi connectivity index (χ3v) is 5.00. The molecule has 4 heteroatoms. The molecule has 2 unspecified atom stereocenters. The predicted octanol–water partition coefficient (Wildman–Crippen LogP) is 3.77. The standard InChI is InChI=1S/C15H20N2OS/c1-18-13-8-6-12(7-9-13)16-15-17-14-5-3-2-4-11(14)10-19-15/h6-9,11,14H,2-5,10H2,1H3,(H,16,17). The summed E-state index contributed by atoms with van der Waals surface area (Å²) in [5, 5.41) is 4.50. The number of aliphatic imine (C=N–C) groups is 1. The van der Waals surface area contributed by atoms with Gasteiger partial charge in [0.2, 0.25) is 0 Å². The number of benzene rings is 1. The Balaban J connectivity index is 1.67. The van der Waals surface area contributed by atoms with E-state index in [-0.39, 0.29) is 0 Å². The number of thioether (sulfide) groups is 1.